The number of ether oxygens (including phenoxy) is 2. The number of nitrogens with zero attached hydrogens (tertiary/aromatic N) is 2. The summed E-state index contributed by atoms with van der Waals surface area (Å²) in [5.74, 6) is 0.469. The molecule has 0 aliphatic heterocycles. The standard InChI is InChI=1S/C21H21N5O5S2/c1-3-31-16-6-4-5-14(11-16)20(27)25-21(32)24-15-7-9-17(10-8-15)33(28,29)26-18-12-19(30-2)23-13-22-18/h4-13H,3H2,1-2H3,(H,22,23,26)(H2,24,25,27,32). The van der Waals surface area contributed by atoms with E-state index >= 15 is 0 Å². The van der Waals surface area contributed by atoms with E-state index in [1.54, 1.807) is 24.3 Å². The van der Waals surface area contributed by atoms with Crippen LogP contribution in [-0.2, 0) is 10.0 Å². The largest absolute Gasteiger partial charge is 0.494 e. The van der Waals surface area contributed by atoms with Crippen molar-refractivity contribution < 1.29 is 22.7 Å². The summed E-state index contributed by atoms with van der Waals surface area (Å²) in [6.07, 6.45) is 1.19. The number of methoxy groups -OCH3 is 1. The lowest BCUT2D eigenvalue weighted by Crippen LogP contribution is -2.34. The molecular weight excluding hydrogens is 466 g/mol. The average molecular weight is 488 g/mol. The third kappa shape index (κ3) is 6.60. The summed E-state index contributed by atoms with van der Waals surface area (Å²) in [6, 6.07) is 13.9. The number of hydrogen-bond acceptors (Lipinski definition) is 8. The van der Waals surface area contributed by atoms with Gasteiger partial charge >= 0.3 is 0 Å². The van der Waals surface area contributed by atoms with E-state index in [-0.39, 0.29) is 21.7 Å². The van der Waals surface area contributed by atoms with Crippen LogP contribution in [0.2, 0.25) is 0 Å². The molecule has 0 unspecified atom stereocenters. The molecule has 3 N–H and O–H groups in total. The highest BCUT2D eigenvalue weighted by Gasteiger charge is 2.16. The van der Waals surface area contributed by atoms with Gasteiger partial charge in [-0.05, 0) is 61.6 Å². The maximum Gasteiger partial charge on any atom is 0.263 e. The molecule has 0 aliphatic carbocycles. The minimum absolute atomic E-state index is 0.00771. The van der Waals surface area contributed by atoms with Gasteiger partial charge in [0.25, 0.3) is 15.9 Å². The van der Waals surface area contributed by atoms with Crippen molar-refractivity contribution in [2.45, 2.75) is 11.8 Å². The van der Waals surface area contributed by atoms with Crippen LogP contribution in [0.4, 0.5) is 11.5 Å². The molecule has 172 valence electrons. The van der Waals surface area contributed by atoms with Crippen molar-refractivity contribution in [1.29, 1.82) is 0 Å². The number of sulfonamides is 1. The monoisotopic (exact) mass is 487 g/mol. The SMILES string of the molecule is CCOc1cccc(C(=O)NC(=S)Nc2ccc(S(=O)(=O)Nc3cc(OC)ncn3)cc2)c1. The van der Waals surface area contributed by atoms with E-state index in [9.17, 15) is 13.2 Å². The topological polar surface area (TPSA) is 132 Å². The van der Waals surface area contributed by atoms with E-state index in [1.165, 1.54) is 43.8 Å². The molecule has 0 fully saturated rings. The molecule has 33 heavy (non-hydrogen) atoms. The number of carbonyl (C=O) groups excluding carboxylic acids is 1. The molecule has 0 bridgehead atoms. The van der Waals surface area contributed by atoms with Gasteiger partial charge in [0.15, 0.2) is 5.11 Å². The zero-order valence-corrected chi connectivity index (χ0v) is 19.4. The van der Waals surface area contributed by atoms with Crippen LogP contribution in [0.1, 0.15) is 17.3 Å². The Labute approximate surface area is 196 Å². The highest BCUT2D eigenvalue weighted by atomic mass is 32.2. The second-order valence-corrected chi connectivity index (χ2v) is 8.54. The first kappa shape index (κ1) is 23.9. The van der Waals surface area contributed by atoms with Crippen LogP contribution in [0.5, 0.6) is 11.6 Å². The van der Waals surface area contributed by atoms with Gasteiger partial charge in [0, 0.05) is 17.3 Å². The van der Waals surface area contributed by atoms with Gasteiger partial charge in [-0.1, -0.05) is 6.07 Å². The molecule has 3 rings (SSSR count). The van der Waals surface area contributed by atoms with Gasteiger partial charge in [0.1, 0.15) is 17.9 Å². The Hall–Kier alpha value is -3.77. The highest BCUT2D eigenvalue weighted by Crippen LogP contribution is 2.19. The van der Waals surface area contributed by atoms with Gasteiger partial charge in [-0.3, -0.25) is 14.8 Å². The van der Waals surface area contributed by atoms with Gasteiger partial charge in [0.2, 0.25) is 5.88 Å². The number of nitrogens with one attached hydrogen (secondary N) is 3. The van der Waals surface area contributed by atoms with Gasteiger partial charge in [-0.25, -0.2) is 18.4 Å². The number of thiocarbonyl (C=S) groups is 1. The number of hydrogen-bond donors (Lipinski definition) is 3. The predicted octanol–water partition coefficient (Wildman–Crippen LogP) is 2.81. The molecule has 0 aliphatic rings. The predicted molar refractivity (Wildman–Crippen MR) is 127 cm³/mol. The fourth-order valence-corrected chi connectivity index (χ4v) is 3.86. The molecule has 12 heteroatoms. The van der Waals surface area contributed by atoms with E-state index in [2.05, 4.69) is 25.3 Å². The smallest absolute Gasteiger partial charge is 0.263 e. The number of anilines is 2. The number of amides is 1. The van der Waals surface area contributed by atoms with Crippen molar-refractivity contribution in [2.24, 2.45) is 0 Å². The normalized spacial score (nSPS) is 10.7. The lowest BCUT2D eigenvalue weighted by molar-refractivity contribution is 0.0977. The summed E-state index contributed by atoms with van der Waals surface area (Å²) >= 11 is 5.18. The van der Waals surface area contributed by atoms with Crippen molar-refractivity contribution in [3.63, 3.8) is 0 Å². The van der Waals surface area contributed by atoms with E-state index < -0.39 is 15.9 Å². The minimum atomic E-state index is -3.89. The van der Waals surface area contributed by atoms with Crippen LogP contribution in [-0.4, -0.2) is 43.1 Å². The number of aromatic nitrogens is 2. The quantitative estimate of drug-likeness (QED) is 0.410. The van der Waals surface area contributed by atoms with Crippen LogP contribution in [0.25, 0.3) is 0 Å². The summed E-state index contributed by atoms with van der Waals surface area (Å²) in [5.41, 5.74) is 0.880. The van der Waals surface area contributed by atoms with Crippen LogP contribution in [0.15, 0.2) is 65.8 Å². The van der Waals surface area contributed by atoms with Crippen LogP contribution in [0, 0.1) is 0 Å². The van der Waals surface area contributed by atoms with Gasteiger partial charge in [0.05, 0.1) is 18.6 Å². The first-order valence-corrected chi connectivity index (χ1v) is 11.5. The summed E-state index contributed by atoms with van der Waals surface area (Å²) in [7, 11) is -2.47. The third-order valence-corrected chi connectivity index (χ3v) is 5.72. The fraction of sp³-hybridized carbons (Fsp3) is 0.143. The molecule has 1 aromatic heterocycles. The maximum absolute atomic E-state index is 12.6. The molecule has 0 spiro atoms. The number of rotatable bonds is 8. The van der Waals surface area contributed by atoms with Crippen LogP contribution >= 0.6 is 12.2 Å². The minimum Gasteiger partial charge on any atom is -0.494 e. The molecule has 0 saturated carbocycles. The van der Waals surface area contributed by atoms with E-state index in [0.717, 1.165) is 0 Å². The molecule has 1 heterocycles. The molecule has 2 aromatic carbocycles. The van der Waals surface area contributed by atoms with Crippen molar-refractivity contribution in [1.82, 2.24) is 15.3 Å². The van der Waals surface area contributed by atoms with Gasteiger partial charge in [-0.2, -0.15) is 0 Å². The van der Waals surface area contributed by atoms with Gasteiger partial charge in [-0.15, -0.1) is 0 Å². The lowest BCUT2D eigenvalue weighted by Gasteiger charge is -2.12. The summed E-state index contributed by atoms with van der Waals surface area (Å²) in [6.45, 7) is 2.34. The van der Waals surface area contributed by atoms with Crippen molar-refractivity contribution in [3.8, 4) is 11.6 Å². The fourth-order valence-electron chi connectivity index (χ4n) is 2.65. The molecule has 3 aromatic rings. The first-order chi connectivity index (χ1) is 15.8. The highest BCUT2D eigenvalue weighted by molar-refractivity contribution is 7.92. The Morgan fingerprint density at radius 1 is 1.09 bits per heavy atom. The zero-order valence-electron chi connectivity index (χ0n) is 17.7. The molecule has 0 atom stereocenters. The average Bonchev–Trinajstić information content (AvgIpc) is 2.79. The Kier molecular flexibility index (Phi) is 7.74. The Morgan fingerprint density at radius 3 is 2.55 bits per heavy atom. The lowest BCUT2D eigenvalue weighted by atomic mass is 10.2. The Balaban J connectivity index is 1.62. The van der Waals surface area contributed by atoms with E-state index in [0.29, 0.717) is 23.6 Å². The van der Waals surface area contributed by atoms with E-state index in [1.807, 2.05) is 6.92 Å². The molecular formula is C21H21N5O5S2. The molecule has 1 amide bonds. The number of carbonyl (C=O) groups is 1. The third-order valence-electron chi connectivity index (χ3n) is 4.15. The zero-order chi connectivity index (χ0) is 23.8. The number of benzene rings is 2. The Bertz CT molecular complexity index is 1250. The first-order valence-electron chi connectivity index (χ1n) is 9.65. The van der Waals surface area contributed by atoms with Crippen LogP contribution < -0.4 is 24.8 Å². The van der Waals surface area contributed by atoms with Crippen molar-refractivity contribution in [2.75, 3.05) is 23.8 Å². The summed E-state index contributed by atoms with van der Waals surface area (Å²) < 4.78 is 37.9. The maximum atomic E-state index is 12.6. The Morgan fingerprint density at radius 2 is 1.85 bits per heavy atom. The van der Waals surface area contributed by atoms with Crippen LogP contribution in [0.3, 0.4) is 0 Å². The summed E-state index contributed by atoms with van der Waals surface area (Å²) in [4.78, 5) is 20.1. The second-order valence-electron chi connectivity index (χ2n) is 6.44. The molecule has 0 saturated heterocycles. The second kappa shape index (κ2) is 10.7. The van der Waals surface area contributed by atoms with Gasteiger partial charge < -0.3 is 14.8 Å². The van der Waals surface area contributed by atoms with Crippen molar-refractivity contribution in [3.05, 3.63) is 66.5 Å². The summed E-state index contributed by atoms with van der Waals surface area (Å²) in [5, 5.41) is 5.47. The molecule has 10 nitrogen and oxygen atoms in total. The van der Waals surface area contributed by atoms with E-state index in [4.69, 9.17) is 21.7 Å². The molecule has 0 radical (unpaired) electrons. The van der Waals surface area contributed by atoms with Crippen molar-refractivity contribution >= 4 is 44.8 Å².